The Morgan fingerprint density at radius 1 is 1.14 bits per heavy atom. The van der Waals surface area contributed by atoms with E-state index in [9.17, 15) is 14.9 Å². The van der Waals surface area contributed by atoms with Crippen LogP contribution >= 0.6 is 23.4 Å². The number of hydrogen-bond acceptors (Lipinski definition) is 6. The Kier molecular flexibility index (Phi) is 6.98. The van der Waals surface area contributed by atoms with Crippen LogP contribution < -0.4 is 0 Å². The van der Waals surface area contributed by atoms with Gasteiger partial charge < -0.3 is 4.42 Å². The summed E-state index contributed by atoms with van der Waals surface area (Å²) in [5, 5.41) is 12.2. The van der Waals surface area contributed by atoms with Crippen molar-refractivity contribution in [2.24, 2.45) is 10.9 Å². The predicted molar refractivity (Wildman–Crippen MR) is 143 cm³/mol. The summed E-state index contributed by atoms with van der Waals surface area (Å²) in [7, 11) is 0. The molecule has 2 atom stereocenters. The monoisotopic (exact) mass is 521 g/mol. The fourth-order valence-corrected chi connectivity index (χ4v) is 5.91. The van der Waals surface area contributed by atoms with Crippen molar-refractivity contribution in [3.05, 3.63) is 86.5 Å². The normalized spacial score (nSPS) is 22.5. The van der Waals surface area contributed by atoms with E-state index in [2.05, 4.69) is 6.92 Å². The Hall–Kier alpha value is -3.36. The summed E-state index contributed by atoms with van der Waals surface area (Å²) in [6.07, 6.45) is 6.01. The van der Waals surface area contributed by atoms with Gasteiger partial charge in [-0.1, -0.05) is 49.6 Å². The van der Waals surface area contributed by atoms with Gasteiger partial charge in [-0.05, 0) is 60.9 Å². The lowest BCUT2D eigenvalue weighted by Gasteiger charge is -2.35. The second-order valence-corrected chi connectivity index (χ2v) is 10.4. The van der Waals surface area contributed by atoms with Crippen LogP contribution in [-0.2, 0) is 4.79 Å². The molecule has 0 N–H and O–H groups in total. The molecule has 3 aromatic rings. The Bertz CT molecular complexity index is 1370. The summed E-state index contributed by atoms with van der Waals surface area (Å²) in [5.74, 6) is 1.15. The van der Waals surface area contributed by atoms with Crippen molar-refractivity contribution >= 4 is 51.9 Å². The van der Waals surface area contributed by atoms with E-state index in [-0.39, 0.29) is 17.6 Å². The molecule has 7 nitrogen and oxygen atoms in total. The van der Waals surface area contributed by atoms with Crippen molar-refractivity contribution in [3.63, 3.8) is 0 Å². The molecule has 184 valence electrons. The fraction of sp³-hybridized carbons (Fsp3) is 0.259. The number of rotatable bonds is 5. The lowest BCUT2D eigenvalue weighted by atomic mass is 9.85. The molecule has 5 rings (SSSR count). The molecule has 2 aromatic carbocycles. The standard InChI is InChI=1S/C27H24ClN3O4S/c1-17-7-5-6-10-23(17)30-26(32)25(36-27(30)29-18-8-3-2-4-9-18)16-20-12-14-24(35-20)21-15-19(31(33)34)11-13-22(21)28/h2-4,8-9,11-17,23H,5-7,10H2,1H3/b25-16-,29-27?/t17-,23-/m0/s1. The topological polar surface area (TPSA) is 89.0 Å². The highest BCUT2D eigenvalue weighted by Crippen LogP contribution is 2.41. The molecule has 2 aliphatic rings. The van der Waals surface area contributed by atoms with E-state index in [0.717, 1.165) is 24.9 Å². The van der Waals surface area contributed by atoms with E-state index >= 15 is 0 Å². The Balaban J connectivity index is 1.48. The first-order valence-electron chi connectivity index (χ1n) is 11.8. The van der Waals surface area contributed by atoms with Crippen LogP contribution in [0.3, 0.4) is 0 Å². The summed E-state index contributed by atoms with van der Waals surface area (Å²) in [6, 6.07) is 17.4. The molecular formula is C27H24ClN3O4S. The quantitative estimate of drug-likeness (QED) is 0.195. The molecule has 0 unspecified atom stereocenters. The zero-order valence-electron chi connectivity index (χ0n) is 19.6. The molecule has 1 amide bonds. The number of halogens is 1. The highest BCUT2D eigenvalue weighted by molar-refractivity contribution is 8.18. The molecule has 0 bridgehead atoms. The average Bonchev–Trinajstić information content (AvgIpc) is 3.45. The van der Waals surface area contributed by atoms with Crippen molar-refractivity contribution in [2.45, 2.75) is 38.6 Å². The first kappa shape index (κ1) is 24.3. The van der Waals surface area contributed by atoms with Crippen molar-refractivity contribution in [2.75, 3.05) is 0 Å². The van der Waals surface area contributed by atoms with Gasteiger partial charge in [0.05, 0.1) is 20.5 Å². The SMILES string of the molecule is C[C@H]1CCCC[C@@H]1N1C(=O)/C(=C/c2ccc(-c3cc([N+](=O)[O-])ccc3Cl)o2)SC1=Nc1ccccc1. The minimum atomic E-state index is -0.478. The number of carbonyl (C=O) groups excluding carboxylic acids is 1. The van der Waals surface area contributed by atoms with Gasteiger partial charge in [0.1, 0.15) is 11.5 Å². The maximum absolute atomic E-state index is 13.6. The van der Waals surface area contributed by atoms with Crippen LogP contribution in [0, 0.1) is 16.0 Å². The number of hydrogen-bond donors (Lipinski definition) is 0. The second-order valence-electron chi connectivity index (χ2n) is 8.97. The minimum Gasteiger partial charge on any atom is -0.457 e. The van der Waals surface area contributed by atoms with Gasteiger partial charge in [-0.15, -0.1) is 0 Å². The zero-order chi connectivity index (χ0) is 25.2. The predicted octanol–water partition coefficient (Wildman–Crippen LogP) is 7.69. The molecule has 2 fully saturated rings. The fourth-order valence-electron chi connectivity index (χ4n) is 4.67. The van der Waals surface area contributed by atoms with E-state index in [1.807, 2.05) is 35.2 Å². The van der Waals surface area contributed by atoms with E-state index in [4.69, 9.17) is 21.0 Å². The molecule has 1 aromatic heterocycles. The van der Waals surface area contributed by atoms with Gasteiger partial charge >= 0.3 is 0 Å². The zero-order valence-corrected chi connectivity index (χ0v) is 21.2. The number of amidine groups is 1. The maximum Gasteiger partial charge on any atom is 0.270 e. The average molecular weight is 522 g/mol. The summed E-state index contributed by atoms with van der Waals surface area (Å²) >= 11 is 7.61. The molecular weight excluding hydrogens is 498 g/mol. The van der Waals surface area contributed by atoms with E-state index in [1.165, 1.54) is 36.4 Å². The molecule has 1 saturated carbocycles. The molecule has 0 spiro atoms. The van der Waals surface area contributed by atoms with Gasteiger partial charge in [0.15, 0.2) is 5.17 Å². The van der Waals surface area contributed by atoms with Crippen LogP contribution in [-0.4, -0.2) is 26.9 Å². The third kappa shape index (κ3) is 4.96. The number of aliphatic imine (C=N–C) groups is 1. The highest BCUT2D eigenvalue weighted by Gasteiger charge is 2.41. The van der Waals surface area contributed by atoms with E-state index < -0.39 is 4.92 Å². The van der Waals surface area contributed by atoms with Gasteiger partial charge in [-0.3, -0.25) is 19.8 Å². The first-order chi connectivity index (χ1) is 17.4. The molecule has 1 saturated heterocycles. The van der Waals surface area contributed by atoms with Gasteiger partial charge in [0.2, 0.25) is 0 Å². The molecule has 9 heteroatoms. The Labute approximate surface area is 218 Å². The van der Waals surface area contributed by atoms with Crippen molar-refractivity contribution < 1.29 is 14.1 Å². The molecule has 0 radical (unpaired) electrons. The summed E-state index contributed by atoms with van der Waals surface area (Å²) in [6.45, 7) is 2.20. The lowest BCUT2D eigenvalue weighted by molar-refractivity contribution is -0.384. The number of carbonyl (C=O) groups is 1. The van der Waals surface area contributed by atoms with Gasteiger partial charge in [-0.25, -0.2) is 4.99 Å². The minimum absolute atomic E-state index is 0.0776. The van der Waals surface area contributed by atoms with Gasteiger partial charge in [0.25, 0.3) is 11.6 Å². The van der Waals surface area contributed by atoms with Crippen LogP contribution in [0.1, 0.15) is 38.4 Å². The molecule has 1 aliphatic carbocycles. The first-order valence-corrected chi connectivity index (χ1v) is 13.0. The molecule has 36 heavy (non-hydrogen) atoms. The van der Waals surface area contributed by atoms with Crippen LogP contribution in [0.2, 0.25) is 5.02 Å². The number of non-ortho nitro benzene ring substituents is 1. The molecule has 1 aliphatic heterocycles. The number of thioether (sulfide) groups is 1. The summed E-state index contributed by atoms with van der Waals surface area (Å²) < 4.78 is 5.94. The third-order valence-electron chi connectivity index (χ3n) is 6.54. The molecule has 2 heterocycles. The van der Waals surface area contributed by atoms with Crippen molar-refractivity contribution in [3.8, 4) is 11.3 Å². The van der Waals surface area contributed by atoms with Crippen LogP contribution in [0.4, 0.5) is 11.4 Å². The lowest BCUT2D eigenvalue weighted by Crippen LogP contribution is -2.44. The van der Waals surface area contributed by atoms with E-state index in [0.29, 0.717) is 38.1 Å². The van der Waals surface area contributed by atoms with Crippen LogP contribution in [0.15, 0.2) is 75.0 Å². The third-order valence-corrected chi connectivity index (χ3v) is 7.85. The number of para-hydroxylation sites is 1. The van der Waals surface area contributed by atoms with Gasteiger partial charge in [0, 0.05) is 29.8 Å². The van der Waals surface area contributed by atoms with Crippen LogP contribution in [0.5, 0.6) is 0 Å². The van der Waals surface area contributed by atoms with Crippen LogP contribution in [0.25, 0.3) is 17.4 Å². The Morgan fingerprint density at radius 2 is 1.92 bits per heavy atom. The summed E-state index contributed by atoms with van der Waals surface area (Å²) in [4.78, 5) is 31.5. The number of nitrogens with zero attached hydrogens (tertiary/aromatic N) is 3. The highest BCUT2D eigenvalue weighted by atomic mass is 35.5. The second kappa shape index (κ2) is 10.3. The van der Waals surface area contributed by atoms with Crippen molar-refractivity contribution in [1.82, 2.24) is 4.90 Å². The largest absolute Gasteiger partial charge is 0.457 e. The van der Waals surface area contributed by atoms with Crippen molar-refractivity contribution in [1.29, 1.82) is 0 Å². The number of furan rings is 1. The Morgan fingerprint density at radius 3 is 2.67 bits per heavy atom. The maximum atomic E-state index is 13.6. The van der Waals surface area contributed by atoms with Gasteiger partial charge in [-0.2, -0.15) is 0 Å². The number of nitro groups is 1. The smallest absolute Gasteiger partial charge is 0.270 e. The van der Waals surface area contributed by atoms with E-state index in [1.54, 1.807) is 18.2 Å². The number of amides is 1. The summed E-state index contributed by atoms with van der Waals surface area (Å²) in [5.41, 5.74) is 1.14. The number of nitro benzene ring substituents is 1. The number of benzene rings is 2.